The number of anilines is 1. The SMILES string of the molecule is COC(=O)c1cc(OCC(=O)Nc2ccccc2)c2ccccc2n1. The van der Waals surface area contributed by atoms with E-state index in [9.17, 15) is 9.59 Å². The van der Waals surface area contributed by atoms with Crippen LogP contribution in [0.15, 0.2) is 60.7 Å². The van der Waals surface area contributed by atoms with Crippen LogP contribution in [0.4, 0.5) is 5.69 Å². The van der Waals surface area contributed by atoms with Crippen molar-refractivity contribution < 1.29 is 19.1 Å². The predicted molar refractivity (Wildman–Crippen MR) is 93.6 cm³/mol. The molecule has 0 atom stereocenters. The summed E-state index contributed by atoms with van der Waals surface area (Å²) < 4.78 is 10.3. The molecule has 0 spiro atoms. The smallest absolute Gasteiger partial charge is 0.356 e. The molecule has 1 heterocycles. The van der Waals surface area contributed by atoms with Gasteiger partial charge in [0.25, 0.3) is 5.91 Å². The van der Waals surface area contributed by atoms with E-state index in [1.54, 1.807) is 18.2 Å². The second-order valence-electron chi connectivity index (χ2n) is 5.22. The first-order chi connectivity index (χ1) is 12.2. The van der Waals surface area contributed by atoms with Crippen LogP contribution in [0, 0.1) is 0 Å². The van der Waals surface area contributed by atoms with Gasteiger partial charge < -0.3 is 14.8 Å². The number of nitrogens with one attached hydrogen (secondary N) is 1. The van der Waals surface area contributed by atoms with Crippen molar-refractivity contribution in [3.05, 3.63) is 66.4 Å². The summed E-state index contributed by atoms with van der Waals surface area (Å²) >= 11 is 0. The van der Waals surface area contributed by atoms with Gasteiger partial charge in [-0.3, -0.25) is 4.79 Å². The zero-order chi connectivity index (χ0) is 17.6. The van der Waals surface area contributed by atoms with Gasteiger partial charge in [-0.1, -0.05) is 30.3 Å². The van der Waals surface area contributed by atoms with Crippen LogP contribution in [0.3, 0.4) is 0 Å². The lowest BCUT2D eigenvalue weighted by molar-refractivity contribution is -0.118. The number of rotatable bonds is 5. The summed E-state index contributed by atoms with van der Waals surface area (Å²) in [6.45, 7) is -0.191. The Morgan fingerprint density at radius 2 is 1.76 bits per heavy atom. The van der Waals surface area contributed by atoms with Gasteiger partial charge in [0.15, 0.2) is 12.3 Å². The summed E-state index contributed by atoms with van der Waals surface area (Å²) in [5.41, 5.74) is 1.40. The number of esters is 1. The molecule has 0 aliphatic rings. The molecule has 2 aromatic carbocycles. The third-order valence-electron chi connectivity index (χ3n) is 3.49. The Bertz CT molecular complexity index is 910. The molecule has 1 N–H and O–H groups in total. The van der Waals surface area contributed by atoms with E-state index in [-0.39, 0.29) is 18.2 Å². The quantitative estimate of drug-likeness (QED) is 0.725. The highest BCUT2D eigenvalue weighted by molar-refractivity contribution is 5.95. The average molecular weight is 336 g/mol. The van der Waals surface area contributed by atoms with Gasteiger partial charge in [0.05, 0.1) is 12.6 Å². The second-order valence-corrected chi connectivity index (χ2v) is 5.22. The Hall–Kier alpha value is -3.41. The van der Waals surface area contributed by atoms with Gasteiger partial charge in [0.2, 0.25) is 0 Å². The highest BCUT2D eigenvalue weighted by Gasteiger charge is 2.14. The van der Waals surface area contributed by atoms with Crippen LogP contribution < -0.4 is 10.1 Å². The molecule has 6 heteroatoms. The maximum absolute atomic E-state index is 12.1. The van der Waals surface area contributed by atoms with Crippen LogP contribution in [0.1, 0.15) is 10.5 Å². The van der Waals surface area contributed by atoms with E-state index in [4.69, 9.17) is 9.47 Å². The van der Waals surface area contributed by atoms with Crippen molar-refractivity contribution in [2.45, 2.75) is 0 Å². The number of carbonyl (C=O) groups is 2. The Kier molecular flexibility index (Phi) is 4.89. The van der Waals surface area contributed by atoms with Crippen molar-refractivity contribution in [3.63, 3.8) is 0 Å². The fraction of sp³-hybridized carbons (Fsp3) is 0.105. The summed E-state index contributed by atoms with van der Waals surface area (Å²) in [5, 5.41) is 3.45. The molecule has 6 nitrogen and oxygen atoms in total. The Balaban J connectivity index is 1.80. The number of amides is 1. The largest absolute Gasteiger partial charge is 0.483 e. The number of hydrogen-bond acceptors (Lipinski definition) is 5. The molecular weight excluding hydrogens is 320 g/mol. The van der Waals surface area contributed by atoms with Crippen molar-refractivity contribution >= 4 is 28.5 Å². The third-order valence-corrected chi connectivity index (χ3v) is 3.49. The first-order valence-corrected chi connectivity index (χ1v) is 7.63. The number of methoxy groups -OCH3 is 1. The third kappa shape index (κ3) is 3.92. The highest BCUT2D eigenvalue weighted by atomic mass is 16.5. The Morgan fingerprint density at radius 1 is 1.04 bits per heavy atom. The zero-order valence-electron chi connectivity index (χ0n) is 13.6. The van der Waals surface area contributed by atoms with E-state index in [1.165, 1.54) is 13.2 Å². The number of aromatic nitrogens is 1. The van der Waals surface area contributed by atoms with E-state index in [0.717, 1.165) is 0 Å². The van der Waals surface area contributed by atoms with Gasteiger partial charge in [0, 0.05) is 17.1 Å². The van der Waals surface area contributed by atoms with Crippen molar-refractivity contribution in [2.24, 2.45) is 0 Å². The number of carbonyl (C=O) groups excluding carboxylic acids is 2. The normalized spacial score (nSPS) is 10.3. The highest BCUT2D eigenvalue weighted by Crippen LogP contribution is 2.25. The fourth-order valence-corrected chi connectivity index (χ4v) is 2.33. The van der Waals surface area contributed by atoms with Gasteiger partial charge in [0.1, 0.15) is 5.75 Å². The molecule has 0 radical (unpaired) electrons. The lowest BCUT2D eigenvalue weighted by Gasteiger charge is -2.11. The van der Waals surface area contributed by atoms with Crippen LogP contribution in [0.2, 0.25) is 0 Å². The number of para-hydroxylation sites is 2. The Labute approximate surface area is 144 Å². The second kappa shape index (κ2) is 7.44. The Morgan fingerprint density at radius 3 is 2.52 bits per heavy atom. The maximum Gasteiger partial charge on any atom is 0.356 e. The molecule has 25 heavy (non-hydrogen) atoms. The molecule has 0 fully saturated rings. The topological polar surface area (TPSA) is 77.5 Å². The minimum absolute atomic E-state index is 0.125. The standard InChI is InChI=1S/C19H16N2O4/c1-24-19(23)16-11-17(14-9-5-6-10-15(14)21-16)25-12-18(22)20-13-7-3-2-4-8-13/h2-11H,12H2,1H3,(H,20,22). The van der Waals surface area contributed by atoms with Crippen molar-refractivity contribution in [1.29, 1.82) is 0 Å². The fourth-order valence-electron chi connectivity index (χ4n) is 2.33. The summed E-state index contributed by atoms with van der Waals surface area (Å²) in [6, 6.07) is 17.8. The van der Waals surface area contributed by atoms with E-state index >= 15 is 0 Å². The van der Waals surface area contributed by atoms with Gasteiger partial charge in [-0.05, 0) is 24.3 Å². The first-order valence-electron chi connectivity index (χ1n) is 7.63. The van der Waals surface area contributed by atoms with Crippen molar-refractivity contribution in [2.75, 3.05) is 19.0 Å². The average Bonchev–Trinajstić information content (AvgIpc) is 2.66. The van der Waals surface area contributed by atoms with Crippen LogP contribution in [-0.4, -0.2) is 30.6 Å². The molecule has 0 unspecified atom stereocenters. The molecule has 0 saturated carbocycles. The summed E-state index contributed by atoms with van der Waals surface area (Å²) in [5.74, 6) is -0.467. The number of pyridine rings is 1. The van der Waals surface area contributed by atoms with Crippen LogP contribution >= 0.6 is 0 Å². The van der Waals surface area contributed by atoms with Gasteiger partial charge >= 0.3 is 5.97 Å². The number of ether oxygens (including phenoxy) is 2. The molecule has 1 aromatic heterocycles. The number of benzene rings is 2. The molecule has 0 bridgehead atoms. The predicted octanol–water partition coefficient (Wildman–Crippen LogP) is 3.04. The molecule has 3 rings (SSSR count). The van der Waals surface area contributed by atoms with Crippen LogP contribution in [0.25, 0.3) is 10.9 Å². The molecule has 3 aromatic rings. The van der Waals surface area contributed by atoms with E-state index in [0.29, 0.717) is 22.3 Å². The van der Waals surface area contributed by atoms with Gasteiger partial charge in [-0.2, -0.15) is 0 Å². The van der Waals surface area contributed by atoms with E-state index in [1.807, 2.05) is 36.4 Å². The first kappa shape index (κ1) is 16.4. The summed E-state index contributed by atoms with van der Waals surface area (Å²) in [6.07, 6.45) is 0. The number of hydrogen-bond donors (Lipinski definition) is 1. The monoisotopic (exact) mass is 336 g/mol. The lowest BCUT2D eigenvalue weighted by Crippen LogP contribution is -2.20. The zero-order valence-corrected chi connectivity index (χ0v) is 13.6. The van der Waals surface area contributed by atoms with Gasteiger partial charge in [-0.15, -0.1) is 0 Å². The molecule has 0 aliphatic heterocycles. The van der Waals surface area contributed by atoms with E-state index < -0.39 is 5.97 Å². The molecule has 126 valence electrons. The number of nitrogens with zero attached hydrogens (tertiary/aromatic N) is 1. The molecular formula is C19H16N2O4. The summed E-state index contributed by atoms with van der Waals surface area (Å²) in [4.78, 5) is 28.1. The van der Waals surface area contributed by atoms with Gasteiger partial charge in [-0.25, -0.2) is 9.78 Å². The summed E-state index contributed by atoms with van der Waals surface area (Å²) in [7, 11) is 1.28. The van der Waals surface area contributed by atoms with Crippen LogP contribution in [-0.2, 0) is 9.53 Å². The van der Waals surface area contributed by atoms with Crippen LogP contribution in [0.5, 0.6) is 5.75 Å². The molecule has 1 amide bonds. The lowest BCUT2D eigenvalue weighted by atomic mass is 10.2. The molecule has 0 saturated heterocycles. The minimum Gasteiger partial charge on any atom is -0.483 e. The maximum atomic E-state index is 12.1. The molecule has 0 aliphatic carbocycles. The minimum atomic E-state index is -0.565. The van der Waals surface area contributed by atoms with E-state index in [2.05, 4.69) is 10.3 Å². The van der Waals surface area contributed by atoms with Crippen molar-refractivity contribution in [1.82, 2.24) is 4.98 Å². The van der Waals surface area contributed by atoms with Crippen molar-refractivity contribution in [3.8, 4) is 5.75 Å². The number of fused-ring (bicyclic) bond motifs is 1.